The minimum atomic E-state index is -4.47. The van der Waals surface area contributed by atoms with Crippen LogP contribution in [0.15, 0.2) is 18.3 Å². The van der Waals surface area contributed by atoms with Crippen LogP contribution < -0.4 is 15.5 Å². The monoisotopic (exact) mass is 398 g/mol. The molecular formula is C20H29F3N4O. The van der Waals surface area contributed by atoms with E-state index in [1.807, 2.05) is 0 Å². The summed E-state index contributed by atoms with van der Waals surface area (Å²) < 4.78 is 40.0. The van der Waals surface area contributed by atoms with E-state index in [4.69, 9.17) is 0 Å². The van der Waals surface area contributed by atoms with Gasteiger partial charge in [0.25, 0.3) is 0 Å². The average molecular weight is 398 g/mol. The van der Waals surface area contributed by atoms with E-state index in [0.29, 0.717) is 24.9 Å². The van der Waals surface area contributed by atoms with E-state index < -0.39 is 11.9 Å². The first-order chi connectivity index (χ1) is 13.2. The lowest BCUT2D eigenvalue weighted by atomic mass is 9.97. The molecule has 4 atom stereocenters. The second kappa shape index (κ2) is 8.27. The van der Waals surface area contributed by atoms with E-state index in [9.17, 15) is 18.0 Å². The molecule has 0 spiro atoms. The lowest BCUT2D eigenvalue weighted by Crippen LogP contribution is -2.49. The molecule has 2 fully saturated rings. The molecule has 1 aliphatic heterocycles. The lowest BCUT2D eigenvalue weighted by molar-refractivity contribution is -0.140. The minimum absolute atomic E-state index is 0.0107. The number of carbonyl (C=O) groups excluding carboxylic acids is 1. The number of fused-ring (bicyclic) bond motifs is 1. The molecule has 5 nitrogen and oxygen atoms in total. The zero-order chi connectivity index (χ0) is 20.5. The first kappa shape index (κ1) is 20.9. The van der Waals surface area contributed by atoms with Gasteiger partial charge in [0.2, 0.25) is 5.91 Å². The Bertz CT molecular complexity index is 694. The minimum Gasteiger partial charge on any atom is -0.369 e. The molecule has 1 aliphatic carbocycles. The number of pyridine rings is 1. The fraction of sp³-hybridized carbons (Fsp3) is 0.700. The van der Waals surface area contributed by atoms with Crippen molar-refractivity contribution in [1.29, 1.82) is 0 Å². The summed E-state index contributed by atoms with van der Waals surface area (Å²) in [4.78, 5) is 18.0. The molecule has 1 aromatic heterocycles. The number of likely N-dealkylation sites (N-methyl/N-ethyl adjacent to an activating group) is 1. The summed E-state index contributed by atoms with van der Waals surface area (Å²) in [6.07, 6.45) is -0.744. The third kappa shape index (κ3) is 4.42. The van der Waals surface area contributed by atoms with Crippen LogP contribution in [0.5, 0.6) is 0 Å². The maximum atomic E-state index is 13.3. The van der Waals surface area contributed by atoms with Gasteiger partial charge in [-0.25, -0.2) is 4.98 Å². The second-order valence-corrected chi connectivity index (χ2v) is 8.36. The summed E-state index contributed by atoms with van der Waals surface area (Å²) >= 11 is 0. The highest BCUT2D eigenvalue weighted by Gasteiger charge is 2.46. The first-order valence-electron chi connectivity index (χ1n) is 9.95. The molecule has 1 aromatic rings. The van der Waals surface area contributed by atoms with Crippen LogP contribution in [0, 0.1) is 17.8 Å². The Morgan fingerprint density at radius 3 is 2.71 bits per heavy atom. The van der Waals surface area contributed by atoms with E-state index in [2.05, 4.69) is 29.5 Å². The number of halogens is 3. The number of carbonyl (C=O) groups is 1. The van der Waals surface area contributed by atoms with Crippen molar-refractivity contribution >= 4 is 11.6 Å². The third-order valence-corrected chi connectivity index (χ3v) is 5.95. The van der Waals surface area contributed by atoms with E-state index in [0.717, 1.165) is 19.3 Å². The van der Waals surface area contributed by atoms with Gasteiger partial charge in [-0.2, -0.15) is 13.2 Å². The highest BCUT2D eigenvalue weighted by molar-refractivity contribution is 5.82. The number of nitrogens with one attached hydrogen (secondary N) is 2. The number of alkyl halides is 3. The van der Waals surface area contributed by atoms with Crippen molar-refractivity contribution in [3.63, 3.8) is 0 Å². The standard InChI is InChI=1S/C20H29F3N4O/c1-12(2)9-16(24-3)19(28)26-15-7-6-13-10-27(11-14(13)15)17-5-4-8-25-18(17)20(21,22)23/h4-5,8,12-16,24H,6-7,9-11H2,1-3H3,(H,26,28)/t13-,14+,15+,16+/m1/s1. The van der Waals surface area contributed by atoms with Crippen LogP contribution in [0.2, 0.25) is 0 Å². The number of aromatic nitrogens is 1. The summed E-state index contributed by atoms with van der Waals surface area (Å²) in [5.74, 6) is 0.844. The fourth-order valence-corrected chi connectivity index (χ4v) is 4.62. The first-order valence-corrected chi connectivity index (χ1v) is 9.95. The maximum Gasteiger partial charge on any atom is 0.435 e. The largest absolute Gasteiger partial charge is 0.435 e. The van der Waals surface area contributed by atoms with Gasteiger partial charge in [-0.1, -0.05) is 13.8 Å². The van der Waals surface area contributed by atoms with E-state index >= 15 is 0 Å². The van der Waals surface area contributed by atoms with Crippen LogP contribution in [-0.4, -0.2) is 43.1 Å². The molecular weight excluding hydrogens is 369 g/mol. The highest BCUT2D eigenvalue weighted by Crippen LogP contribution is 2.43. The van der Waals surface area contributed by atoms with Crippen LogP contribution in [0.4, 0.5) is 18.9 Å². The quantitative estimate of drug-likeness (QED) is 0.773. The Labute approximate surface area is 164 Å². The topological polar surface area (TPSA) is 57.3 Å². The van der Waals surface area contributed by atoms with Gasteiger partial charge in [-0.15, -0.1) is 0 Å². The van der Waals surface area contributed by atoms with Crippen LogP contribution in [0.3, 0.4) is 0 Å². The zero-order valence-electron chi connectivity index (χ0n) is 16.6. The lowest BCUT2D eigenvalue weighted by Gasteiger charge is -2.26. The van der Waals surface area contributed by atoms with Crippen molar-refractivity contribution in [3.05, 3.63) is 24.0 Å². The smallest absolute Gasteiger partial charge is 0.369 e. The molecule has 28 heavy (non-hydrogen) atoms. The van der Waals surface area contributed by atoms with Gasteiger partial charge in [0.1, 0.15) is 0 Å². The van der Waals surface area contributed by atoms with Gasteiger partial charge >= 0.3 is 6.18 Å². The molecule has 1 saturated heterocycles. The third-order valence-electron chi connectivity index (χ3n) is 5.95. The van der Waals surface area contributed by atoms with E-state index in [-0.39, 0.29) is 29.6 Å². The van der Waals surface area contributed by atoms with Crippen molar-refractivity contribution < 1.29 is 18.0 Å². The number of amides is 1. The van der Waals surface area contributed by atoms with Crippen LogP contribution >= 0.6 is 0 Å². The molecule has 2 aliphatic rings. The van der Waals surface area contributed by atoms with Crippen molar-refractivity contribution in [2.75, 3.05) is 25.0 Å². The summed E-state index contributed by atoms with van der Waals surface area (Å²) in [5.41, 5.74) is -0.690. The summed E-state index contributed by atoms with van der Waals surface area (Å²) in [5, 5.41) is 6.23. The van der Waals surface area contributed by atoms with Crippen molar-refractivity contribution in [3.8, 4) is 0 Å². The summed E-state index contributed by atoms with van der Waals surface area (Å²) in [6.45, 7) is 5.24. The zero-order valence-corrected chi connectivity index (χ0v) is 16.6. The van der Waals surface area contributed by atoms with Gasteiger partial charge in [-0.3, -0.25) is 4.79 Å². The number of hydrogen-bond donors (Lipinski definition) is 2. The number of anilines is 1. The molecule has 8 heteroatoms. The van der Waals surface area contributed by atoms with Gasteiger partial charge in [0.05, 0.1) is 11.7 Å². The van der Waals surface area contributed by atoms with Crippen LogP contribution in [-0.2, 0) is 11.0 Å². The van der Waals surface area contributed by atoms with E-state index in [1.54, 1.807) is 18.0 Å². The maximum absolute atomic E-state index is 13.3. The SMILES string of the molecule is CN[C@@H](CC(C)C)C(=O)N[C@H]1CC[C@@H]2CN(c3cccnc3C(F)(F)F)C[C@@H]21. The van der Waals surface area contributed by atoms with Crippen LogP contribution in [0.1, 0.15) is 38.8 Å². The molecule has 2 N–H and O–H groups in total. The average Bonchev–Trinajstić information content (AvgIpc) is 3.20. The number of nitrogens with zero attached hydrogens (tertiary/aromatic N) is 2. The normalized spacial score (nSPS) is 25.8. The highest BCUT2D eigenvalue weighted by atomic mass is 19.4. The molecule has 2 heterocycles. The molecule has 0 radical (unpaired) electrons. The molecule has 0 unspecified atom stereocenters. The second-order valence-electron chi connectivity index (χ2n) is 8.36. The van der Waals surface area contributed by atoms with Gasteiger partial charge < -0.3 is 15.5 Å². The van der Waals surface area contributed by atoms with Crippen molar-refractivity contribution in [1.82, 2.24) is 15.6 Å². The predicted octanol–water partition coefficient (Wildman–Crippen LogP) is 3.07. The Kier molecular flexibility index (Phi) is 6.17. The number of rotatable bonds is 6. The van der Waals surface area contributed by atoms with Gasteiger partial charge in [-0.05, 0) is 50.3 Å². The van der Waals surface area contributed by atoms with Crippen molar-refractivity contribution in [2.45, 2.75) is 51.4 Å². The molecule has 156 valence electrons. The van der Waals surface area contributed by atoms with Crippen LogP contribution in [0.25, 0.3) is 0 Å². The molecule has 0 bridgehead atoms. The summed E-state index contributed by atoms with van der Waals surface area (Å²) in [6, 6.07) is 2.80. The molecule has 0 aromatic carbocycles. The summed E-state index contributed by atoms with van der Waals surface area (Å²) in [7, 11) is 1.78. The fourth-order valence-electron chi connectivity index (χ4n) is 4.62. The Balaban J connectivity index is 1.69. The van der Waals surface area contributed by atoms with Gasteiger partial charge in [0.15, 0.2) is 5.69 Å². The Morgan fingerprint density at radius 2 is 2.07 bits per heavy atom. The Hall–Kier alpha value is -1.83. The Morgan fingerprint density at radius 1 is 1.32 bits per heavy atom. The molecule has 3 rings (SSSR count). The van der Waals surface area contributed by atoms with E-state index in [1.165, 1.54) is 12.3 Å². The number of hydrogen-bond acceptors (Lipinski definition) is 4. The molecule has 1 saturated carbocycles. The predicted molar refractivity (Wildman–Crippen MR) is 102 cm³/mol. The van der Waals surface area contributed by atoms with Crippen molar-refractivity contribution in [2.24, 2.45) is 17.8 Å². The van der Waals surface area contributed by atoms with Gasteiger partial charge in [0, 0.05) is 31.2 Å². The molecule has 1 amide bonds.